The quantitative estimate of drug-likeness (QED) is 0.0701. The molecule has 9 heteroatoms. The van der Waals surface area contributed by atoms with Crippen LogP contribution in [-0.2, 0) is 6.42 Å². The Morgan fingerprint density at radius 1 is 0.667 bits per heavy atom. The van der Waals surface area contributed by atoms with Crippen LogP contribution in [0.3, 0.4) is 0 Å². The van der Waals surface area contributed by atoms with Crippen LogP contribution in [0.5, 0.6) is 5.75 Å². The molecule has 5 N–H and O–H groups in total. The number of nitrogens with one attached hydrogen (secondary N) is 3. The van der Waals surface area contributed by atoms with Gasteiger partial charge in [-0.05, 0) is 5.56 Å². The molecule has 0 amide bonds. The summed E-state index contributed by atoms with van der Waals surface area (Å²) in [6, 6.07) is 52.2. The molecule has 6 rings (SSSR count). The number of halogens is 2. The van der Waals surface area contributed by atoms with E-state index in [2.05, 4.69) is 170 Å². The minimum absolute atomic E-state index is 0. The van der Waals surface area contributed by atoms with Crippen molar-refractivity contribution in [1.82, 2.24) is 10.6 Å². The van der Waals surface area contributed by atoms with Gasteiger partial charge in [0.1, 0.15) is 0 Å². The fourth-order valence-electron chi connectivity index (χ4n) is 6.76. The molecule has 1 atom stereocenters. The Kier molecular flexibility index (Phi) is 13.9. The van der Waals surface area contributed by atoms with Crippen LogP contribution >= 0.6 is 26.3 Å². The van der Waals surface area contributed by atoms with Crippen molar-refractivity contribution in [3.05, 3.63) is 157 Å². The Labute approximate surface area is 322 Å². The van der Waals surface area contributed by atoms with Crippen molar-refractivity contribution in [2.24, 2.45) is 10.7 Å². The van der Waals surface area contributed by atoms with Gasteiger partial charge in [-0.15, -0.1) is 0 Å². The van der Waals surface area contributed by atoms with E-state index in [1.165, 1.54) is 40.7 Å². The third kappa shape index (κ3) is 9.50. The Hall–Kier alpha value is -3.91. The first-order chi connectivity index (χ1) is 24.5. The molecule has 0 aliphatic carbocycles. The third-order valence-corrected chi connectivity index (χ3v) is 21.2. The van der Waals surface area contributed by atoms with Gasteiger partial charge >= 0.3 is 224 Å². The van der Waals surface area contributed by atoms with Gasteiger partial charge in [0.25, 0.3) is 5.96 Å². The molecule has 0 bridgehead atoms. The molecule has 1 aliphatic heterocycles. The van der Waals surface area contributed by atoms with Gasteiger partial charge in [0.15, 0.2) is 6.17 Å². The van der Waals surface area contributed by atoms with E-state index in [9.17, 15) is 0 Å². The monoisotopic (exact) mass is 831 g/mol. The number of aliphatic imine (C=N–C) groups is 1. The zero-order valence-corrected chi connectivity index (χ0v) is 32.7. The number of nitrogens with two attached hydrogens (primary N) is 1. The van der Waals surface area contributed by atoms with Crippen LogP contribution in [0.4, 0.5) is 0 Å². The zero-order valence-electron chi connectivity index (χ0n) is 28.9. The van der Waals surface area contributed by atoms with E-state index in [0.29, 0.717) is 12.6 Å². The molecule has 1 unspecified atom stereocenters. The Morgan fingerprint density at radius 3 is 1.75 bits per heavy atom. The molecule has 5 aromatic carbocycles. The van der Waals surface area contributed by atoms with Gasteiger partial charge in [-0.2, -0.15) is 4.99 Å². The van der Waals surface area contributed by atoms with Crippen LogP contribution in [0.1, 0.15) is 49.4 Å². The molecular formula is C42H48ClIN5OP. The van der Waals surface area contributed by atoms with Crippen LogP contribution in [0.25, 0.3) is 0 Å². The minimum atomic E-state index is -2.69. The Morgan fingerprint density at radius 2 is 1.18 bits per heavy atom. The summed E-state index contributed by atoms with van der Waals surface area (Å²) in [4.78, 5) is 7.96. The number of nitrogens with zero attached hydrogens (tertiary/aromatic N) is 1. The van der Waals surface area contributed by atoms with Crippen molar-refractivity contribution in [3.8, 4) is 5.75 Å². The van der Waals surface area contributed by atoms with Crippen molar-refractivity contribution in [2.45, 2.75) is 44.7 Å². The molecule has 51 heavy (non-hydrogen) atoms. The fourth-order valence-corrected chi connectivity index (χ4v) is 15.5. The zero-order chi connectivity index (χ0) is 34.5. The summed E-state index contributed by atoms with van der Waals surface area (Å²) in [6.45, 7) is 1.49. The maximum Gasteiger partial charge on any atom is 0.352 e. The van der Waals surface area contributed by atoms with E-state index in [1.54, 1.807) is 0 Å². The number of rotatable bonds is 16. The van der Waals surface area contributed by atoms with E-state index < -0.39 is 4.25 Å². The molecule has 1 aliphatic rings. The number of guanidine groups is 2. The van der Waals surface area contributed by atoms with Crippen molar-refractivity contribution < 1.29 is 22.1 Å². The van der Waals surface area contributed by atoms with Crippen molar-refractivity contribution >= 4 is 54.1 Å². The standard InChI is InChI=1S/C42H47IN5OP.ClH/c43-50(37-20-10-5-11-21-37,38-22-12-6-13-23-38,39-24-14-7-15-25-39)33-17-3-1-2-16-32-49-36-28-26-35(27-29-36)40-46-41(44)48-42(47-40)45-31-30-34-18-8-4-9-19-34;/h4-15,18-29,40H,1-3,16-17,30-33H2,(H4,44,45,46,47,48);1H. The first kappa shape index (κ1) is 38.3. The second-order valence-corrected chi connectivity index (χ2v) is 23.6. The van der Waals surface area contributed by atoms with Crippen molar-refractivity contribution in [1.29, 1.82) is 0 Å². The van der Waals surface area contributed by atoms with Gasteiger partial charge in [0, 0.05) is 6.42 Å². The van der Waals surface area contributed by atoms with Crippen molar-refractivity contribution in [2.75, 3.05) is 19.3 Å². The van der Waals surface area contributed by atoms with E-state index in [1.807, 2.05) is 18.2 Å². The molecule has 6 nitrogen and oxygen atoms in total. The number of unbranched alkanes of at least 4 members (excludes halogenated alkanes) is 4. The average molecular weight is 832 g/mol. The van der Waals surface area contributed by atoms with E-state index in [0.717, 1.165) is 49.2 Å². The molecular weight excluding hydrogens is 784 g/mol. The van der Waals surface area contributed by atoms with Crippen LogP contribution in [-0.4, -0.2) is 31.2 Å². The normalized spacial score (nSPS) is 15.7. The fraction of sp³-hybridized carbons (Fsp3) is 0.238. The number of benzene rings is 5. The molecule has 0 spiro atoms. The largest absolute Gasteiger partial charge is 1.00 e. The second kappa shape index (κ2) is 18.5. The van der Waals surface area contributed by atoms with Gasteiger partial charge in [0.2, 0.25) is 0 Å². The Bertz CT molecular complexity index is 1750. The smallest absolute Gasteiger partial charge is 0.352 e. The van der Waals surface area contributed by atoms with Crippen LogP contribution < -0.4 is 54.4 Å². The Balaban J connectivity index is 0.00000504. The second-order valence-electron chi connectivity index (χ2n) is 12.8. The van der Waals surface area contributed by atoms with Gasteiger partial charge in [-0.25, -0.2) is 5.32 Å². The van der Waals surface area contributed by atoms with Gasteiger partial charge in [0.05, 0.1) is 6.54 Å². The van der Waals surface area contributed by atoms with E-state index in [-0.39, 0.29) is 18.6 Å². The summed E-state index contributed by atoms with van der Waals surface area (Å²) in [5.74, 6) is 2.03. The number of hydrogen-bond acceptors (Lipinski definition) is 3. The summed E-state index contributed by atoms with van der Waals surface area (Å²) in [5, 5.41) is 10.9. The van der Waals surface area contributed by atoms with E-state index in [4.69, 9.17) is 10.5 Å². The maximum absolute atomic E-state index is 6.13. The summed E-state index contributed by atoms with van der Waals surface area (Å²) >= 11 is 2.90. The average Bonchev–Trinajstić information content (AvgIpc) is 3.17. The van der Waals surface area contributed by atoms with Gasteiger partial charge in [-0.1, -0.05) is 30.3 Å². The molecule has 0 fully saturated rings. The number of ether oxygens (including phenoxy) is 1. The molecule has 5 aromatic rings. The summed E-state index contributed by atoms with van der Waals surface area (Å²) in [6.07, 6.45) is 7.57. The molecule has 0 saturated heterocycles. The molecule has 0 radical (unpaired) electrons. The summed E-state index contributed by atoms with van der Waals surface area (Å²) in [7, 11) is 0. The molecule has 0 aromatic heterocycles. The van der Waals surface area contributed by atoms with Crippen LogP contribution in [0, 0.1) is 0 Å². The first-order valence-electron chi connectivity index (χ1n) is 17.7. The first-order valence-corrected chi connectivity index (χ1v) is 22.9. The molecule has 1 heterocycles. The van der Waals surface area contributed by atoms with Crippen LogP contribution in [0.2, 0.25) is 0 Å². The number of hydrogen-bond donors (Lipinski definition) is 4. The molecule has 266 valence electrons. The topological polar surface area (TPSA) is 85.6 Å². The molecule has 0 saturated carbocycles. The third-order valence-electron chi connectivity index (χ3n) is 9.43. The van der Waals surface area contributed by atoms with Gasteiger partial charge < -0.3 is 18.1 Å². The summed E-state index contributed by atoms with van der Waals surface area (Å²) < 4.78 is 3.44. The summed E-state index contributed by atoms with van der Waals surface area (Å²) in [5.41, 5.74) is 8.42. The minimum Gasteiger partial charge on any atom is -1.00 e. The van der Waals surface area contributed by atoms with Crippen molar-refractivity contribution in [3.63, 3.8) is 0 Å². The predicted molar refractivity (Wildman–Crippen MR) is 221 cm³/mol. The van der Waals surface area contributed by atoms with Crippen LogP contribution in [0.15, 0.2) is 151 Å². The SMILES string of the molecule is NC1=NC(c2ccc(OCCCCCCCP(I)(c3ccccc3)(c3ccccc3)c3ccccc3)cc2)NC(=[NH+]CCc2ccccc2)N1.[Cl-]. The van der Waals surface area contributed by atoms with Gasteiger partial charge in [-0.3, -0.25) is 10.3 Å². The van der Waals surface area contributed by atoms with E-state index >= 15 is 0 Å². The maximum atomic E-state index is 6.13. The predicted octanol–water partition coefficient (Wildman–Crippen LogP) is 3.09.